The summed E-state index contributed by atoms with van der Waals surface area (Å²) < 4.78 is 5.05. The van der Waals surface area contributed by atoms with E-state index in [9.17, 15) is 0 Å². The minimum Gasteiger partial charge on any atom is -0.481 e. The zero-order valence-electron chi connectivity index (χ0n) is 9.05. The predicted octanol–water partition coefficient (Wildman–Crippen LogP) is 2.10. The first-order chi connectivity index (χ1) is 7.88. The average molecular weight is 215 g/mol. The van der Waals surface area contributed by atoms with Gasteiger partial charge in [-0.25, -0.2) is 9.97 Å². The van der Waals surface area contributed by atoms with Crippen molar-refractivity contribution in [3.63, 3.8) is 0 Å². The number of rotatable bonds is 4. The Hall–Kier alpha value is -2.10. The Bertz CT molecular complexity index is 445. The molecule has 0 fully saturated rings. The molecule has 2 aromatic rings. The van der Waals surface area contributed by atoms with Crippen molar-refractivity contribution >= 4 is 5.82 Å². The first-order valence-electron chi connectivity index (χ1n) is 5.02. The summed E-state index contributed by atoms with van der Waals surface area (Å²) in [4.78, 5) is 8.23. The molecule has 0 spiro atoms. The van der Waals surface area contributed by atoms with Crippen LogP contribution in [0.2, 0.25) is 0 Å². The van der Waals surface area contributed by atoms with Gasteiger partial charge in [-0.2, -0.15) is 0 Å². The van der Waals surface area contributed by atoms with Crippen LogP contribution in [0.15, 0.2) is 42.7 Å². The van der Waals surface area contributed by atoms with Crippen LogP contribution in [-0.4, -0.2) is 17.1 Å². The maximum Gasteiger partial charge on any atom is 0.213 e. The maximum atomic E-state index is 5.05. The van der Waals surface area contributed by atoms with E-state index in [1.54, 1.807) is 19.5 Å². The summed E-state index contributed by atoms with van der Waals surface area (Å²) in [5.41, 5.74) is 1.11. The molecule has 0 saturated heterocycles. The SMILES string of the molecule is COc1cc(CNc2ccccn2)ccn1. The summed E-state index contributed by atoms with van der Waals surface area (Å²) in [6.45, 7) is 0.704. The molecular formula is C12H13N3O. The Kier molecular flexibility index (Phi) is 3.33. The van der Waals surface area contributed by atoms with Crippen LogP contribution in [0.3, 0.4) is 0 Å². The number of nitrogens with one attached hydrogen (secondary N) is 1. The van der Waals surface area contributed by atoms with Gasteiger partial charge in [0.05, 0.1) is 7.11 Å². The standard InChI is InChI=1S/C12H13N3O/c1-16-12-8-10(5-7-14-12)9-15-11-4-2-3-6-13-11/h2-8H,9H2,1H3,(H,13,15). The fraction of sp³-hybridized carbons (Fsp3) is 0.167. The van der Waals surface area contributed by atoms with Crippen LogP contribution in [0.1, 0.15) is 5.56 Å². The third-order valence-corrected chi connectivity index (χ3v) is 2.15. The van der Waals surface area contributed by atoms with Crippen molar-refractivity contribution in [2.45, 2.75) is 6.54 Å². The van der Waals surface area contributed by atoms with E-state index in [1.165, 1.54) is 0 Å². The number of aromatic nitrogens is 2. The molecule has 1 N–H and O–H groups in total. The average Bonchev–Trinajstić information content (AvgIpc) is 2.38. The third kappa shape index (κ3) is 2.70. The maximum absolute atomic E-state index is 5.05. The second-order valence-corrected chi connectivity index (χ2v) is 3.27. The number of hydrogen-bond donors (Lipinski definition) is 1. The molecule has 0 amide bonds. The Balaban J connectivity index is 1.99. The topological polar surface area (TPSA) is 47.0 Å². The molecule has 2 heterocycles. The summed E-state index contributed by atoms with van der Waals surface area (Å²) in [5.74, 6) is 1.48. The van der Waals surface area contributed by atoms with Crippen LogP contribution in [-0.2, 0) is 6.54 Å². The Morgan fingerprint density at radius 2 is 2.12 bits per heavy atom. The van der Waals surface area contributed by atoms with E-state index in [4.69, 9.17) is 4.74 Å². The van der Waals surface area contributed by atoms with E-state index < -0.39 is 0 Å². The van der Waals surface area contributed by atoms with Crippen molar-refractivity contribution in [3.8, 4) is 5.88 Å². The molecule has 16 heavy (non-hydrogen) atoms. The van der Waals surface area contributed by atoms with Gasteiger partial charge in [-0.05, 0) is 23.8 Å². The Labute approximate surface area is 94.3 Å². The Morgan fingerprint density at radius 1 is 1.19 bits per heavy atom. The molecule has 0 aliphatic heterocycles. The minimum atomic E-state index is 0.625. The number of nitrogens with zero attached hydrogens (tertiary/aromatic N) is 2. The van der Waals surface area contributed by atoms with Crippen molar-refractivity contribution in [2.75, 3.05) is 12.4 Å². The quantitative estimate of drug-likeness (QED) is 0.848. The molecule has 0 radical (unpaired) electrons. The second kappa shape index (κ2) is 5.11. The zero-order chi connectivity index (χ0) is 11.2. The van der Waals surface area contributed by atoms with Crippen molar-refractivity contribution < 1.29 is 4.74 Å². The molecule has 0 saturated carbocycles. The fourth-order valence-corrected chi connectivity index (χ4v) is 1.33. The lowest BCUT2D eigenvalue weighted by atomic mass is 10.2. The van der Waals surface area contributed by atoms with Crippen molar-refractivity contribution in [3.05, 3.63) is 48.3 Å². The monoisotopic (exact) mass is 215 g/mol. The molecular weight excluding hydrogens is 202 g/mol. The minimum absolute atomic E-state index is 0.625. The molecule has 82 valence electrons. The third-order valence-electron chi connectivity index (χ3n) is 2.15. The summed E-state index contributed by atoms with van der Waals surface area (Å²) in [7, 11) is 1.61. The van der Waals surface area contributed by atoms with E-state index in [0.717, 1.165) is 11.4 Å². The van der Waals surface area contributed by atoms with E-state index in [1.807, 2.05) is 30.3 Å². The van der Waals surface area contributed by atoms with Crippen LogP contribution in [0.25, 0.3) is 0 Å². The molecule has 2 aromatic heterocycles. The van der Waals surface area contributed by atoms with Gasteiger partial charge < -0.3 is 10.1 Å². The van der Waals surface area contributed by atoms with E-state index in [2.05, 4.69) is 15.3 Å². The van der Waals surface area contributed by atoms with Gasteiger partial charge in [0.2, 0.25) is 5.88 Å². The van der Waals surface area contributed by atoms with Gasteiger partial charge in [-0.3, -0.25) is 0 Å². The molecule has 0 aliphatic rings. The Morgan fingerprint density at radius 3 is 2.88 bits per heavy atom. The van der Waals surface area contributed by atoms with Gasteiger partial charge in [0.1, 0.15) is 5.82 Å². The lowest BCUT2D eigenvalue weighted by molar-refractivity contribution is 0.397. The normalized spacial score (nSPS) is 9.81. The molecule has 4 nitrogen and oxygen atoms in total. The molecule has 0 atom stereocenters. The lowest BCUT2D eigenvalue weighted by Gasteiger charge is -2.06. The second-order valence-electron chi connectivity index (χ2n) is 3.27. The molecule has 0 aliphatic carbocycles. The molecule has 0 bridgehead atoms. The number of anilines is 1. The van der Waals surface area contributed by atoms with Gasteiger partial charge in [-0.1, -0.05) is 6.07 Å². The van der Waals surface area contributed by atoms with Gasteiger partial charge in [0, 0.05) is 25.0 Å². The highest BCUT2D eigenvalue weighted by atomic mass is 16.5. The summed E-state index contributed by atoms with van der Waals surface area (Å²) >= 11 is 0. The van der Waals surface area contributed by atoms with Crippen molar-refractivity contribution in [1.29, 1.82) is 0 Å². The van der Waals surface area contributed by atoms with Crippen LogP contribution >= 0.6 is 0 Å². The summed E-state index contributed by atoms with van der Waals surface area (Å²) in [5, 5.41) is 3.22. The molecule has 0 aromatic carbocycles. The molecule has 2 rings (SSSR count). The van der Waals surface area contributed by atoms with Crippen LogP contribution in [0.5, 0.6) is 5.88 Å². The van der Waals surface area contributed by atoms with Crippen LogP contribution < -0.4 is 10.1 Å². The fourth-order valence-electron chi connectivity index (χ4n) is 1.33. The van der Waals surface area contributed by atoms with Gasteiger partial charge >= 0.3 is 0 Å². The lowest BCUT2D eigenvalue weighted by Crippen LogP contribution is -2.01. The number of methoxy groups -OCH3 is 1. The number of hydrogen-bond acceptors (Lipinski definition) is 4. The summed E-state index contributed by atoms with van der Waals surface area (Å²) in [6.07, 6.45) is 3.49. The summed E-state index contributed by atoms with van der Waals surface area (Å²) in [6, 6.07) is 9.61. The molecule has 4 heteroatoms. The number of ether oxygens (including phenoxy) is 1. The smallest absolute Gasteiger partial charge is 0.213 e. The molecule has 0 unspecified atom stereocenters. The van der Waals surface area contributed by atoms with Crippen LogP contribution in [0.4, 0.5) is 5.82 Å². The van der Waals surface area contributed by atoms with Gasteiger partial charge in [0.15, 0.2) is 0 Å². The highest BCUT2D eigenvalue weighted by Gasteiger charge is 1.97. The zero-order valence-corrected chi connectivity index (χ0v) is 9.05. The van der Waals surface area contributed by atoms with E-state index in [-0.39, 0.29) is 0 Å². The highest BCUT2D eigenvalue weighted by Crippen LogP contribution is 2.10. The first kappa shape index (κ1) is 10.4. The van der Waals surface area contributed by atoms with Crippen molar-refractivity contribution in [1.82, 2.24) is 9.97 Å². The van der Waals surface area contributed by atoms with Crippen molar-refractivity contribution in [2.24, 2.45) is 0 Å². The first-order valence-corrected chi connectivity index (χ1v) is 5.02. The predicted molar refractivity (Wildman–Crippen MR) is 62.4 cm³/mol. The van der Waals surface area contributed by atoms with Crippen LogP contribution in [0, 0.1) is 0 Å². The largest absolute Gasteiger partial charge is 0.481 e. The van der Waals surface area contributed by atoms with Gasteiger partial charge in [-0.15, -0.1) is 0 Å². The van der Waals surface area contributed by atoms with Gasteiger partial charge in [0.25, 0.3) is 0 Å². The highest BCUT2D eigenvalue weighted by molar-refractivity contribution is 5.35. The van der Waals surface area contributed by atoms with E-state index >= 15 is 0 Å². The number of pyridine rings is 2. The van der Waals surface area contributed by atoms with E-state index in [0.29, 0.717) is 12.4 Å².